The van der Waals surface area contributed by atoms with Crippen LogP contribution in [0.4, 0.5) is 5.95 Å². The number of nitrogens with zero attached hydrogens (tertiary/aromatic N) is 6. The molecule has 0 aliphatic heterocycles. The third-order valence-electron chi connectivity index (χ3n) is 2.63. The molecule has 0 atom stereocenters. The summed E-state index contributed by atoms with van der Waals surface area (Å²) in [5.74, 6) is 2.42. The van der Waals surface area contributed by atoms with Gasteiger partial charge in [-0.1, -0.05) is 0 Å². The average molecular weight is 270 g/mol. The molecule has 0 fully saturated rings. The highest BCUT2D eigenvalue weighted by Crippen LogP contribution is 2.22. The van der Waals surface area contributed by atoms with E-state index in [9.17, 15) is 0 Å². The van der Waals surface area contributed by atoms with Crippen LogP contribution < -0.4 is 0 Å². The van der Waals surface area contributed by atoms with Crippen molar-refractivity contribution >= 4 is 18.1 Å². The molecule has 7 heteroatoms. The molecule has 3 rings (SSSR count). The van der Waals surface area contributed by atoms with Gasteiger partial charge >= 0.3 is 0 Å². The highest BCUT2D eigenvalue weighted by Gasteiger charge is 2.11. The number of rotatable bonds is 3. The third kappa shape index (κ3) is 2.25. The molecule has 0 bridgehead atoms. The summed E-state index contributed by atoms with van der Waals surface area (Å²) in [7, 11) is 3.77. The van der Waals surface area contributed by atoms with Crippen molar-refractivity contribution in [1.82, 2.24) is 24.5 Å². The van der Waals surface area contributed by atoms with Crippen LogP contribution in [0.2, 0.25) is 0 Å². The Kier molecular flexibility index (Phi) is 2.94. The summed E-state index contributed by atoms with van der Waals surface area (Å²) in [6.45, 7) is 1.90. The van der Waals surface area contributed by atoms with Crippen molar-refractivity contribution in [3.8, 4) is 11.5 Å². The minimum Gasteiger partial charge on any atom is -0.460 e. The molecule has 0 amide bonds. The second-order valence-electron chi connectivity index (χ2n) is 4.57. The fourth-order valence-corrected chi connectivity index (χ4v) is 1.76. The number of hydrogen-bond acceptors (Lipinski definition) is 5. The van der Waals surface area contributed by atoms with Crippen LogP contribution in [0.3, 0.4) is 0 Å². The van der Waals surface area contributed by atoms with Crippen LogP contribution in [-0.2, 0) is 0 Å². The van der Waals surface area contributed by atoms with Crippen LogP contribution in [0.15, 0.2) is 33.8 Å². The monoisotopic (exact) mass is 270 g/mol. The van der Waals surface area contributed by atoms with Gasteiger partial charge in [-0.3, -0.25) is 0 Å². The van der Waals surface area contributed by atoms with Gasteiger partial charge in [0, 0.05) is 20.3 Å². The van der Waals surface area contributed by atoms with Crippen LogP contribution in [-0.4, -0.2) is 44.9 Å². The molecule has 0 aromatic carbocycles. The van der Waals surface area contributed by atoms with E-state index >= 15 is 0 Å². The quantitative estimate of drug-likeness (QED) is 0.537. The number of fused-ring (bicyclic) bond motifs is 1. The van der Waals surface area contributed by atoms with Gasteiger partial charge in [-0.15, -0.1) is 5.10 Å². The molecule has 0 aliphatic rings. The van der Waals surface area contributed by atoms with Crippen LogP contribution in [0.5, 0.6) is 0 Å². The average Bonchev–Trinajstić information content (AvgIpc) is 3.01. The van der Waals surface area contributed by atoms with Gasteiger partial charge in [0.15, 0.2) is 5.76 Å². The normalized spacial score (nSPS) is 11.6. The van der Waals surface area contributed by atoms with Crippen molar-refractivity contribution in [3.05, 3.63) is 30.2 Å². The highest BCUT2D eigenvalue weighted by molar-refractivity contribution is 5.60. The minimum absolute atomic E-state index is 0.363. The van der Waals surface area contributed by atoms with Crippen LogP contribution in [0.1, 0.15) is 5.76 Å². The van der Waals surface area contributed by atoms with Crippen molar-refractivity contribution in [2.75, 3.05) is 14.1 Å². The first kappa shape index (κ1) is 12.3. The number of aryl methyl sites for hydroxylation is 1. The summed E-state index contributed by atoms with van der Waals surface area (Å²) in [4.78, 5) is 14.4. The van der Waals surface area contributed by atoms with E-state index in [1.54, 1.807) is 17.1 Å². The fourth-order valence-electron chi connectivity index (χ4n) is 1.76. The molecule has 7 nitrogen and oxygen atoms in total. The number of aromatic nitrogens is 4. The molecular weight excluding hydrogens is 256 g/mol. The zero-order chi connectivity index (χ0) is 14.1. The van der Waals surface area contributed by atoms with Crippen molar-refractivity contribution in [2.45, 2.75) is 6.92 Å². The molecule has 0 saturated heterocycles. The van der Waals surface area contributed by atoms with Crippen LogP contribution in [0, 0.1) is 6.92 Å². The Balaban J connectivity index is 2.10. The topological polar surface area (TPSA) is 71.8 Å². The number of hydrogen-bond donors (Lipinski definition) is 0. The summed E-state index contributed by atoms with van der Waals surface area (Å²) < 4.78 is 7.25. The zero-order valence-corrected chi connectivity index (χ0v) is 11.5. The van der Waals surface area contributed by atoms with Gasteiger partial charge in [0.2, 0.25) is 0 Å². The first-order valence-corrected chi connectivity index (χ1v) is 6.13. The summed E-state index contributed by atoms with van der Waals surface area (Å²) in [5, 5.41) is 4.33. The molecule has 3 aromatic rings. The van der Waals surface area contributed by atoms with Crippen molar-refractivity contribution < 1.29 is 4.42 Å². The van der Waals surface area contributed by atoms with E-state index in [2.05, 4.69) is 20.1 Å². The zero-order valence-electron chi connectivity index (χ0n) is 11.5. The van der Waals surface area contributed by atoms with Crippen molar-refractivity contribution in [3.63, 3.8) is 0 Å². The SMILES string of the molecule is Cc1ccc(-c2ccnc3nc(/N=C/N(C)C)nn23)o1. The summed E-state index contributed by atoms with van der Waals surface area (Å²) in [6.07, 6.45) is 3.32. The maximum absolute atomic E-state index is 5.62. The Morgan fingerprint density at radius 1 is 1.30 bits per heavy atom. The lowest BCUT2D eigenvalue weighted by Crippen LogP contribution is -2.07. The molecule has 0 unspecified atom stereocenters. The van der Waals surface area contributed by atoms with Gasteiger partial charge in [-0.2, -0.15) is 9.50 Å². The molecule has 0 saturated carbocycles. The largest absolute Gasteiger partial charge is 0.460 e. The molecular formula is C13H14N6O. The first-order chi connectivity index (χ1) is 9.63. The lowest BCUT2D eigenvalue weighted by molar-refractivity contribution is 0.544. The van der Waals surface area contributed by atoms with Crippen molar-refractivity contribution in [1.29, 1.82) is 0 Å². The van der Waals surface area contributed by atoms with Gasteiger partial charge in [0.25, 0.3) is 11.7 Å². The number of aliphatic imine (C=N–C) groups is 1. The Labute approximate surface area is 115 Å². The van der Waals surface area contributed by atoms with Gasteiger partial charge in [0.05, 0.1) is 6.34 Å². The Hall–Kier alpha value is -2.70. The number of furan rings is 1. The predicted octanol–water partition coefficient (Wildman–Crippen LogP) is 1.91. The summed E-state index contributed by atoms with van der Waals surface area (Å²) in [6, 6.07) is 5.64. The van der Waals surface area contributed by atoms with Gasteiger partial charge in [-0.25, -0.2) is 9.98 Å². The second-order valence-corrected chi connectivity index (χ2v) is 4.57. The smallest absolute Gasteiger partial charge is 0.272 e. The van der Waals surface area contributed by atoms with E-state index in [0.29, 0.717) is 11.7 Å². The lowest BCUT2D eigenvalue weighted by atomic mass is 10.3. The second kappa shape index (κ2) is 4.76. The Bertz CT molecular complexity index is 770. The van der Waals surface area contributed by atoms with Gasteiger partial charge in [-0.05, 0) is 25.1 Å². The van der Waals surface area contributed by atoms with E-state index < -0.39 is 0 Å². The maximum atomic E-state index is 5.62. The summed E-state index contributed by atoms with van der Waals surface area (Å²) >= 11 is 0. The molecule has 0 radical (unpaired) electrons. The van der Waals surface area contributed by atoms with Gasteiger partial charge < -0.3 is 9.32 Å². The Morgan fingerprint density at radius 3 is 2.85 bits per heavy atom. The minimum atomic E-state index is 0.363. The molecule has 3 aromatic heterocycles. The Morgan fingerprint density at radius 2 is 2.15 bits per heavy atom. The van der Waals surface area contributed by atoms with E-state index in [1.807, 2.05) is 44.1 Å². The predicted molar refractivity (Wildman–Crippen MR) is 75.1 cm³/mol. The molecule has 20 heavy (non-hydrogen) atoms. The van der Waals surface area contributed by atoms with Crippen LogP contribution >= 0.6 is 0 Å². The first-order valence-electron chi connectivity index (χ1n) is 6.13. The molecule has 0 N–H and O–H groups in total. The standard InChI is InChI=1S/C13H14N6O/c1-9-4-5-11(20-9)10-6-7-14-13-16-12(17-19(10)13)15-8-18(2)3/h4-8H,1-3H3/b15-8+. The maximum Gasteiger partial charge on any atom is 0.272 e. The van der Waals surface area contributed by atoms with E-state index in [-0.39, 0.29) is 0 Å². The molecule has 3 heterocycles. The van der Waals surface area contributed by atoms with Gasteiger partial charge in [0.1, 0.15) is 11.5 Å². The van der Waals surface area contributed by atoms with E-state index in [4.69, 9.17) is 4.42 Å². The fraction of sp³-hybridized carbons (Fsp3) is 0.231. The summed E-state index contributed by atoms with van der Waals surface area (Å²) in [5.41, 5.74) is 0.793. The highest BCUT2D eigenvalue weighted by atomic mass is 16.3. The molecule has 0 aliphatic carbocycles. The molecule has 102 valence electrons. The van der Waals surface area contributed by atoms with Crippen molar-refractivity contribution in [2.24, 2.45) is 4.99 Å². The van der Waals surface area contributed by atoms with E-state index in [0.717, 1.165) is 17.2 Å². The third-order valence-corrected chi connectivity index (χ3v) is 2.63. The lowest BCUT2D eigenvalue weighted by Gasteiger charge is -1.99. The van der Waals surface area contributed by atoms with Crippen LogP contribution in [0.25, 0.3) is 17.2 Å². The molecule has 0 spiro atoms. The van der Waals surface area contributed by atoms with E-state index in [1.165, 1.54) is 0 Å².